The lowest BCUT2D eigenvalue weighted by molar-refractivity contribution is -0.136. The van der Waals surface area contributed by atoms with E-state index in [1.807, 2.05) is 6.92 Å². The number of aromatic hydroxyl groups is 2. The predicted molar refractivity (Wildman–Crippen MR) is 114 cm³/mol. The fraction of sp³-hybridized carbons (Fsp3) is 0.458. The molecule has 31 heavy (non-hydrogen) atoms. The van der Waals surface area contributed by atoms with Gasteiger partial charge in [0.1, 0.15) is 17.0 Å². The van der Waals surface area contributed by atoms with Crippen molar-refractivity contribution in [2.24, 2.45) is 22.7 Å². The zero-order chi connectivity index (χ0) is 22.6. The average Bonchev–Trinajstić information content (AvgIpc) is 2.72. The van der Waals surface area contributed by atoms with Gasteiger partial charge in [0.25, 0.3) is 0 Å². The van der Waals surface area contributed by atoms with E-state index in [1.165, 1.54) is 5.57 Å². The van der Waals surface area contributed by atoms with Gasteiger partial charge in [-0.15, -0.1) is 0 Å². The number of nitrogens with one attached hydrogen (secondary N) is 1. The average molecular weight is 425 g/mol. The van der Waals surface area contributed by atoms with Crippen molar-refractivity contribution in [2.75, 3.05) is 5.32 Å². The molecule has 1 amide bonds. The second-order valence-corrected chi connectivity index (χ2v) is 9.42. The molecule has 2 bridgehead atoms. The third kappa shape index (κ3) is 3.32. The Labute approximate surface area is 180 Å². The molecule has 4 N–H and O–H groups in total. The minimum absolute atomic E-state index is 0.00442. The molecule has 1 aromatic rings. The van der Waals surface area contributed by atoms with Crippen molar-refractivity contribution < 1.29 is 29.7 Å². The first-order valence-corrected chi connectivity index (χ1v) is 10.6. The van der Waals surface area contributed by atoms with Crippen LogP contribution < -0.4 is 5.32 Å². The quantitative estimate of drug-likeness (QED) is 0.417. The normalized spacial score (nSPS) is 31.4. The molecule has 4 atom stereocenters. The molecule has 0 aromatic heterocycles. The lowest BCUT2D eigenvalue weighted by Gasteiger charge is -2.59. The van der Waals surface area contributed by atoms with Crippen LogP contribution in [0.5, 0.6) is 11.5 Å². The summed E-state index contributed by atoms with van der Waals surface area (Å²) in [6.45, 7) is 6.17. The van der Waals surface area contributed by atoms with Crippen LogP contribution in [-0.2, 0) is 9.59 Å². The molecular weight excluding hydrogens is 398 g/mol. The molecule has 0 heterocycles. The molecule has 0 radical (unpaired) electrons. The summed E-state index contributed by atoms with van der Waals surface area (Å²) >= 11 is 0. The first-order valence-electron chi connectivity index (χ1n) is 10.6. The van der Waals surface area contributed by atoms with Crippen LogP contribution in [0.15, 0.2) is 36.4 Å². The zero-order valence-electron chi connectivity index (χ0n) is 17.5. The number of hydrogen-bond acceptors (Lipinski definition) is 5. The van der Waals surface area contributed by atoms with Crippen molar-refractivity contribution in [3.63, 3.8) is 0 Å². The highest BCUT2D eigenvalue weighted by molar-refractivity contribution is 6.00. The predicted octanol–water partition coefficient (Wildman–Crippen LogP) is 4.02. The van der Waals surface area contributed by atoms with Crippen molar-refractivity contribution in [2.45, 2.75) is 45.4 Å². The van der Waals surface area contributed by atoms with Crippen LogP contribution in [0.4, 0.5) is 5.69 Å². The summed E-state index contributed by atoms with van der Waals surface area (Å²) < 4.78 is 0. The van der Waals surface area contributed by atoms with E-state index in [-0.39, 0.29) is 29.2 Å². The number of fused-ring (bicyclic) bond motifs is 2. The molecule has 2 unspecified atom stereocenters. The number of carboxylic acids is 1. The number of aromatic carboxylic acids is 1. The molecule has 164 valence electrons. The van der Waals surface area contributed by atoms with Crippen molar-refractivity contribution >= 4 is 23.3 Å². The van der Waals surface area contributed by atoms with Gasteiger partial charge in [0.15, 0.2) is 11.5 Å². The Morgan fingerprint density at radius 2 is 2.03 bits per heavy atom. The number of benzene rings is 1. The number of carboxylic acid groups (broad SMARTS) is 1. The van der Waals surface area contributed by atoms with E-state index in [4.69, 9.17) is 5.11 Å². The topological polar surface area (TPSA) is 124 Å². The highest BCUT2D eigenvalue weighted by atomic mass is 16.4. The van der Waals surface area contributed by atoms with Crippen LogP contribution in [-0.4, -0.2) is 33.0 Å². The third-order valence-electron chi connectivity index (χ3n) is 7.73. The van der Waals surface area contributed by atoms with Gasteiger partial charge in [0, 0.05) is 11.8 Å². The summed E-state index contributed by atoms with van der Waals surface area (Å²) in [6.07, 6.45) is 7.96. The number of anilines is 1. The summed E-state index contributed by atoms with van der Waals surface area (Å²) in [6, 6.07) is 2.16. The minimum Gasteiger partial charge on any atom is -0.506 e. The highest BCUT2D eigenvalue weighted by Gasteiger charge is 2.58. The second-order valence-electron chi connectivity index (χ2n) is 9.42. The summed E-state index contributed by atoms with van der Waals surface area (Å²) in [7, 11) is 0. The van der Waals surface area contributed by atoms with Gasteiger partial charge in [-0.05, 0) is 67.6 Å². The van der Waals surface area contributed by atoms with Gasteiger partial charge in [-0.25, -0.2) is 4.79 Å². The molecule has 7 heteroatoms. The fourth-order valence-electron chi connectivity index (χ4n) is 5.91. The summed E-state index contributed by atoms with van der Waals surface area (Å²) in [5.41, 5.74) is -0.260. The molecule has 4 aliphatic carbocycles. The SMILES string of the molecule is C=C1CC23C=CC(=O)C(C)(CCC(=O)Nc4c(O)ccc(C(=O)O)c4O)[C@@H]2C[C@H]1CC3. The van der Waals surface area contributed by atoms with E-state index < -0.39 is 34.4 Å². The maximum Gasteiger partial charge on any atom is 0.339 e. The number of hydrogen-bond donors (Lipinski definition) is 4. The molecule has 7 nitrogen and oxygen atoms in total. The van der Waals surface area contributed by atoms with E-state index in [0.29, 0.717) is 12.3 Å². The lowest BCUT2D eigenvalue weighted by atomic mass is 9.44. The molecule has 5 rings (SSSR count). The molecule has 0 saturated heterocycles. The number of carbonyl (C=O) groups is 3. The van der Waals surface area contributed by atoms with E-state index in [0.717, 1.165) is 37.8 Å². The highest BCUT2D eigenvalue weighted by Crippen LogP contribution is 2.64. The maximum atomic E-state index is 12.9. The van der Waals surface area contributed by atoms with Crippen LogP contribution in [0.1, 0.15) is 55.8 Å². The third-order valence-corrected chi connectivity index (χ3v) is 7.73. The van der Waals surface area contributed by atoms with E-state index in [1.54, 1.807) is 6.08 Å². The monoisotopic (exact) mass is 425 g/mol. The number of ketones is 1. The number of carbonyl (C=O) groups excluding carboxylic acids is 2. The number of phenolic OH excluding ortho intramolecular Hbond substituents is 1. The summed E-state index contributed by atoms with van der Waals surface area (Å²) in [4.78, 5) is 36.8. The molecule has 0 aliphatic heterocycles. The first-order chi connectivity index (χ1) is 14.6. The fourth-order valence-corrected chi connectivity index (χ4v) is 5.91. The van der Waals surface area contributed by atoms with Crippen molar-refractivity contribution in [3.8, 4) is 11.5 Å². The van der Waals surface area contributed by atoms with Crippen LogP contribution in [0, 0.1) is 22.7 Å². The van der Waals surface area contributed by atoms with Gasteiger partial charge >= 0.3 is 5.97 Å². The minimum atomic E-state index is -1.38. The van der Waals surface area contributed by atoms with Gasteiger partial charge < -0.3 is 20.6 Å². The van der Waals surface area contributed by atoms with Gasteiger partial charge in [-0.2, -0.15) is 0 Å². The number of phenols is 2. The van der Waals surface area contributed by atoms with E-state index in [9.17, 15) is 24.6 Å². The number of allylic oxidation sites excluding steroid dienone is 3. The Bertz CT molecular complexity index is 1030. The summed E-state index contributed by atoms with van der Waals surface area (Å²) in [5.74, 6) is -2.42. The standard InChI is InChI=1S/C24H27NO6/c1-13-12-24-9-5-14(13)11-17(24)23(2,18(27)6-10-24)8-7-19(28)25-20-16(26)4-3-15(21(20)29)22(30)31/h3-4,6,10,14,17,26,29H,1,5,7-9,11-12H2,2H3,(H,25,28)(H,30,31)/t14-,17+,23?,24?/m1/s1. The Balaban J connectivity index is 1.52. The number of amides is 1. The van der Waals surface area contributed by atoms with Gasteiger partial charge in [-0.1, -0.05) is 25.2 Å². The summed E-state index contributed by atoms with van der Waals surface area (Å²) in [5, 5.41) is 31.6. The number of rotatable bonds is 5. The Hall–Kier alpha value is -3.09. The Kier molecular flexibility index (Phi) is 4.95. The molecule has 4 aliphatic rings. The van der Waals surface area contributed by atoms with Gasteiger partial charge in [0.05, 0.1) is 0 Å². The van der Waals surface area contributed by atoms with Crippen LogP contribution in [0.25, 0.3) is 0 Å². The second kappa shape index (κ2) is 7.25. The Morgan fingerprint density at radius 3 is 2.71 bits per heavy atom. The van der Waals surface area contributed by atoms with Crippen molar-refractivity contribution in [3.05, 3.63) is 42.0 Å². The largest absolute Gasteiger partial charge is 0.506 e. The van der Waals surface area contributed by atoms with Crippen molar-refractivity contribution in [1.82, 2.24) is 0 Å². The maximum absolute atomic E-state index is 12.9. The zero-order valence-corrected chi connectivity index (χ0v) is 17.5. The molecule has 3 saturated carbocycles. The van der Waals surface area contributed by atoms with E-state index in [2.05, 4.69) is 18.0 Å². The van der Waals surface area contributed by atoms with E-state index >= 15 is 0 Å². The Morgan fingerprint density at radius 1 is 1.29 bits per heavy atom. The molecule has 1 aromatic carbocycles. The van der Waals surface area contributed by atoms with Crippen LogP contribution >= 0.6 is 0 Å². The smallest absolute Gasteiger partial charge is 0.339 e. The lowest BCUT2D eigenvalue weighted by Crippen LogP contribution is -2.54. The molecule has 3 fully saturated rings. The molecule has 1 spiro atoms. The molecular formula is C24H27NO6. The first kappa shape index (κ1) is 21.2. The van der Waals surface area contributed by atoms with Crippen molar-refractivity contribution in [1.29, 1.82) is 0 Å². The van der Waals surface area contributed by atoms with Crippen LogP contribution in [0.3, 0.4) is 0 Å². The van der Waals surface area contributed by atoms with Crippen LogP contribution in [0.2, 0.25) is 0 Å². The van der Waals surface area contributed by atoms with Gasteiger partial charge in [-0.3, -0.25) is 9.59 Å². The van der Waals surface area contributed by atoms with Gasteiger partial charge in [0.2, 0.25) is 5.91 Å².